The third-order valence-electron chi connectivity index (χ3n) is 5.13. The van der Waals surface area contributed by atoms with E-state index in [-0.39, 0.29) is 42.8 Å². The first-order chi connectivity index (χ1) is 16.6. The number of halogens is 2. The Morgan fingerprint density at radius 2 is 2.11 bits per heavy atom. The average Bonchev–Trinajstić information content (AvgIpc) is 3.27. The second-order valence-electron chi connectivity index (χ2n) is 7.90. The monoisotopic (exact) mass is 524 g/mol. The van der Waals surface area contributed by atoms with Crippen molar-refractivity contribution in [2.24, 2.45) is 0 Å². The molecule has 15 heteroatoms. The lowest BCUT2D eigenvalue weighted by atomic mass is 10.2. The van der Waals surface area contributed by atoms with Gasteiger partial charge in [-0.05, 0) is 35.9 Å². The molecule has 0 aliphatic carbocycles. The number of aromatic nitrogens is 6. The number of benzene rings is 1. The van der Waals surface area contributed by atoms with Crippen LogP contribution in [-0.4, -0.2) is 80.9 Å². The lowest BCUT2D eigenvalue weighted by Gasteiger charge is -2.30. The quantitative estimate of drug-likeness (QED) is 0.474. The van der Waals surface area contributed by atoms with Crippen LogP contribution >= 0.6 is 11.6 Å². The number of hydrogen-bond acceptors (Lipinski definition) is 9. The second kappa shape index (κ2) is 10.3. The van der Waals surface area contributed by atoms with Crippen molar-refractivity contribution in [3.63, 3.8) is 0 Å². The average molecular weight is 525 g/mol. The van der Waals surface area contributed by atoms with Gasteiger partial charge in [-0.25, -0.2) is 22.8 Å². The number of ether oxygens (including phenoxy) is 1. The lowest BCUT2D eigenvalue weighted by Crippen LogP contribution is -2.46. The molecule has 0 unspecified atom stereocenters. The molecule has 4 rings (SSSR count). The standard InChI is InChI=1S/C20H22ClFN8O4S/c1-12-24-17(8-18(25-12)20(31)23-9-13-3-4-16(22)15(21)7-13)19-26-28-30(27-19)11-14-10-29(5-6-34-14)35(2,32)33/h3-4,7-8,14H,5-6,9-11H2,1-2H3,(H,23,31)/t14-/m0/s1. The van der Waals surface area contributed by atoms with E-state index in [0.29, 0.717) is 23.6 Å². The summed E-state index contributed by atoms with van der Waals surface area (Å²) in [6.07, 6.45) is 0.718. The summed E-state index contributed by atoms with van der Waals surface area (Å²) in [6, 6.07) is 5.61. The molecule has 1 atom stereocenters. The number of aryl methyl sites for hydroxylation is 1. The van der Waals surface area contributed by atoms with Crippen LogP contribution in [0, 0.1) is 12.7 Å². The van der Waals surface area contributed by atoms with E-state index in [1.54, 1.807) is 6.92 Å². The Balaban J connectivity index is 1.44. The fraction of sp³-hybridized carbons (Fsp3) is 0.400. The number of nitrogens with one attached hydrogen (secondary N) is 1. The van der Waals surface area contributed by atoms with Gasteiger partial charge in [-0.3, -0.25) is 4.79 Å². The van der Waals surface area contributed by atoms with Gasteiger partial charge in [-0.15, -0.1) is 10.2 Å². The van der Waals surface area contributed by atoms with Crippen molar-refractivity contribution in [3.8, 4) is 11.5 Å². The van der Waals surface area contributed by atoms with Crippen molar-refractivity contribution in [1.29, 1.82) is 0 Å². The zero-order valence-electron chi connectivity index (χ0n) is 18.8. The van der Waals surface area contributed by atoms with Crippen molar-refractivity contribution in [3.05, 3.63) is 52.2 Å². The van der Waals surface area contributed by atoms with Gasteiger partial charge in [0.05, 0.1) is 30.5 Å². The summed E-state index contributed by atoms with van der Waals surface area (Å²) in [4.78, 5) is 22.4. The molecule has 12 nitrogen and oxygen atoms in total. The molecule has 3 aromatic rings. The largest absolute Gasteiger partial charge is 0.373 e. The van der Waals surface area contributed by atoms with Crippen LogP contribution in [0.25, 0.3) is 11.5 Å². The molecule has 1 N–H and O–H groups in total. The summed E-state index contributed by atoms with van der Waals surface area (Å²) < 4.78 is 43.9. The van der Waals surface area contributed by atoms with E-state index in [4.69, 9.17) is 16.3 Å². The first-order valence-electron chi connectivity index (χ1n) is 10.5. The van der Waals surface area contributed by atoms with E-state index < -0.39 is 27.9 Å². The Kier molecular flexibility index (Phi) is 7.35. The molecule has 186 valence electrons. The summed E-state index contributed by atoms with van der Waals surface area (Å²) >= 11 is 5.78. The maximum Gasteiger partial charge on any atom is 0.270 e. The number of carbonyl (C=O) groups excluding carboxylic acids is 1. The predicted molar refractivity (Wildman–Crippen MR) is 122 cm³/mol. The Morgan fingerprint density at radius 1 is 1.31 bits per heavy atom. The highest BCUT2D eigenvalue weighted by molar-refractivity contribution is 7.88. The number of amides is 1. The van der Waals surface area contributed by atoms with Crippen LogP contribution in [0.4, 0.5) is 4.39 Å². The minimum absolute atomic E-state index is 0.0336. The summed E-state index contributed by atoms with van der Waals surface area (Å²) in [6.45, 7) is 2.69. The molecule has 3 heterocycles. The minimum atomic E-state index is -3.32. The summed E-state index contributed by atoms with van der Waals surface area (Å²) in [7, 11) is -3.32. The Morgan fingerprint density at radius 3 is 2.86 bits per heavy atom. The summed E-state index contributed by atoms with van der Waals surface area (Å²) in [5.74, 6) is -0.513. The second-order valence-corrected chi connectivity index (χ2v) is 10.3. The zero-order chi connectivity index (χ0) is 25.2. The highest BCUT2D eigenvalue weighted by Gasteiger charge is 2.27. The maximum absolute atomic E-state index is 13.3. The van der Waals surface area contributed by atoms with Gasteiger partial charge in [-0.2, -0.15) is 9.10 Å². The molecular weight excluding hydrogens is 503 g/mol. The van der Waals surface area contributed by atoms with Crippen LogP contribution in [0.3, 0.4) is 0 Å². The molecule has 0 saturated carbocycles. The van der Waals surface area contributed by atoms with Gasteiger partial charge in [0.2, 0.25) is 15.8 Å². The van der Waals surface area contributed by atoms with Crippen LogP contribution in [0.1, 0.15) is 21.9 Å². The third kappa shape index (κ3) is 6.33. The van der Waals surface area contributed by atoms with Gasteiger partial charge in [0.25, 0.3) is 5.91 Å². The maximum atomic E-state index is 13.3. The van der Waals surface area contributed by atoms with Crippen molar-refractivity contribution in [1.82, 2.24) is 39.8 Å². The van der Waals surface area contributed by atoms with E-state index in [9.17, 15) is 17.6 Å². The van der Waals surface area contributed by atoms with E-state index in [1.165, 1.54) is 33.4 Å². The Bertz CT molecular complexity index is 1350. The van der Waals surface area contributed by atoms with Crippen molar-refractivity contribution in [2.45, 2.75) is 26.1 Å². The highest BCUT2D eigenvalue weighted by Crippen LogP contribution is 2.17. The smallest absolute Gasteiger partial charge is 0.270 e. The number of tetrazole rings is 1. The van der Waals surface area contributed by atoms with Crippen LogP contribution in [0.5, 0.6) is 0 Å². The predicted octanol–water partition coefficient (Wildman–Crippen LogP) is 0.821. The number of morpholine rings is 1. The normalized spacial score (nSPS) is 16.9. The van der Waals surface area contributed by atoms with Crippen LogP contribution in [-0.2, 0) is 27.8 Å². The molecule has 1 saturated heterocycles. The van der Waals surface area contributed by atoms with Crippen molar-refractivity contribution < 1.29 is 22.3 Å². The number of sulfonamides is 1. The van der Waals surface area contributed by atoms with E-state index in [0.717, 1.165) is 6.26 Å². The topological polar surface area (TPSA) is 145 Å². The molecule has 35 heavy (non-hydrogen) atoms. The number of hydrogen-bond donors (Lipinski definition) is 1. The minimum Gasteiger partial charge on any atom is -0.373 e. The van der Waals surface area contributed by atoms with Gasteiger partial charge in [-0.1, -0.05) is 17.7 Å². The fourth-order valence-corrected chi connectivity index (χ4v) is 4.48. The number of rotatable bonds is 7. The Hall–Kier alpha value is -3.07. The summed E-state index contributed by atoms with van der Waals surface area (Å²) in [5.41, 5.74) is 1.01. The first-order valence-corrected chi connectivity index (χ1v) is 12.7. The van der Waals surface area contributed by atoms with Crippen molar-refractivity contribution in [2.75, 3.05) is 26.0 Å². The number of nitrogens with zero attached hydrogens (tertiary/aromatic N) is 7. The van der Waals surface area contributed by atoms with Gasteiger partial charge >= 0.3 is 0 Å². The third-order valence-corrected chi connectivity index (χ3v) is 6.69. The van der Waals surface area contributed by atoms with Gasteiger partial charge in [0.1, 0.15) is 23.0 Å². The molecular formula is C20H22ClFN8O4S. The molecule has 0 spiro atoms. The lowest BCUT2D eigenvalue weighted by molar-refractivity contribution is -0.0141. The SMILES string of the molecule is Cc1nc(C(=O)NCc2ccc(F)c(Cl)c2)cc(-c2nnn(C[C@@H]3CN(S(C)(=O)=O)CCO3)n2)n1. The molecule has 1 amide bonds. The summed E-state index contributed by atoms with van der Waals surface area (Å²) in [5, 5.41) is 14.9. The van der Waals surface area contributed by atoms with Crippen molar-refractivity contribution >= 4 is 27.5 Å². The molecule has 1 aliphatic heterocycles. The first kappa shape index (κ1) is 25.0. The van der Waals surface area contributed by atoms with Crippen LogP contribution in [0.15, 0.2) is 24.3 Å². The molecule has 1 fully saturated rings. The number of carbonyl (C=O) groups is 1. The van der Waals surface area contributed by atoms with E-state index in [1.807, 2.05) is 0 Å². The molecule has 0 bridgehead atoms. The van der Waals surface area contributed by atoms with Crippen LogP contribution in [0.2, 0.25) is 5.02 Å². The van der Waals surface area contributed by atoms with E-state index >= 15 is 0 Å². The van der Waals surface area contributed by atoms with Gasteiger partial charge in [0.15, 0.2) is 0 Å². The highest BCUT2D eigenvalue weighted by atomic mass is 35.5. The molecule has 1 aliphatic rings. The fourth-order valence-electron chi connectivity index (χ4n) is 3.43. The Labute approximate surface area is 205 Å². The van der Waals surface area contributed by atoms with E-state index in [2.05, 4.69) is 30.7 Å². The zero-order valence-corrected chi connectivity index (χ0v) is 20.4. The molecule has 0 radical (unpaired) electrons. The van der Waals surface area contributed by atoms with Gasteiger partial charge < -0.3 is 10.1 Å². The molecule has 1 aromatic carbocycles. The molecule has 2 aromatic heterocycles. The van der Waals surface area contributed by atoms with Crippen LogP contribution < -0.4 is 5.32 Å². The van der Waals surface area contributed by atoms with Gasteiger partial charge in [0, 0.05) is 19.6 Å².